The van der Waals surface area contributed by atoms with Crippen molar-refractivity contribution in [2.45, 2.75) is 11.4 Å². The summed E-state index contributed by atoms with van der Waals surface area (Å²) < 4.78 is 40.8. The van der Waals surface area contributed by atoms with Crippen molar-refractivity contribution >= 4 is 27.3 Å². The van der Waals surface area contributed by atoms with Crippen LogP contribution in [0.5, 0.6) is 0 Å². The number of nitrogens with zero attached hydrogens (tertiary/aromatic N) is 1. The molecule has 0 amide bonds. The molecular formula is C19H15ClFNO2S. The van der Waals surface area contributed by atoms with Crippen LogP contribution in [-0.4, -0.2) is 8.42 Å². The fourth-order valence-corrected chi connectivity index (χ4v) is 3.98. The van der Waals surface area contributed by atoms with Crippen LogP contribution in [0.25, 0.3) is 0 Å². The smallest absolute Gasteiger partial charge is 0.262 e. The molecule has 0 unspecified atom stereocenters. The molecular weight excluding hydrogens is 361 g/mol. The van der Waals surface area contributed by atoms with Crippen LogP contribution in [0, 0.1) is 5.82 Å². The monoisotopic (exact) mass is 375 g/mol. The first-order valence-electron chi connectivity index (χ1n) is 7.54. The Morgan fingerprint density at radius 3 is 2.04 bits per heavy atom. The van der Waals surface area contributed by atoms with Gasteiger partial charge in [0.1, 0.15) is 5.82 Å². The van der Waals surface area contributed by atoms with Gasteiger partial charge in [-0.05, 0) is 54.1 Å². The number of anilines is 1. The normalized spacial score (nSPS) is 11.3. The van der Waals surface area contributed by atoms with E-state index in [2.05, 4.69) is 0 Å². The summed E-state index contributed by atoms with van der Waals surface area (Å²) in [5.74, 6) is -0.424. The maximum atomic E-state index is 13.3. The van der Waals surface area contributed by atoms with E-state index in [1.165, 1.54) is 52.8 Å². The van der Waals surface area contributed by atoms with Crippen LogP contribution in [0.2, 0.25) is 5.02 Å². The van der Waals surface area contributed by atoms with Crippen LogP contribution in [0.15, 0.2) is 83.8 Å². The van der Waals surface area contributed by atoms with E-state index >= 15 is 0 Å². The summed E-state index contributed by atoms with van der Waals surface area (Å²) in [6, 6.07) is 20.6. The number of halogens is 2. The zero-order chi connectivity index (χ0) is 17.9. The van der Waals surface area contributed by atoms with Gasteiger partial charge >= 0.3 is 0 Å². The second-order valence-electron chi connectivity index (χ2n) is 5.43. The van der Waals surface area contributed by atoms with Crippen LogP contribution in [0.4, 0.5) is 10.1 Å². The van der Waals surface area contributed by atoms with Crippen LogP contribution in [0.1, 0.15) is 5.56 Å². The first kappa shape index (κ1) is 17.5. The molecule has 0 saturated heterocycles. The fraction of sp³-hybridized carbons (Fsp3) is 0.0526. The Kier molecular flexibility index (Phi) is 5.06. The Hall–Kier alpha value is -2.37. The number of rotatable bonds is 5. The molecule has 0 N–H and O–H groups in total. The average Bonchev–Trinajstić information content (AvgIpc) is 2.62. The molecule has 3 rings (SSSR count). The molecule has 3 aromatic rings. The van der Waals surface area contributed by atoms with Gasteiger partial charge in [-0.1, -0.05) is 41.9 Å². The molecule has 0 aromatic heterocycles. The van der Waals surface area contributed by atoms with E-state index in [1.807, 2.05) is 30.3 Å². The minimum absolute atomic E-state index is 0.122. The molecule has 0 aliphatic heterocycles. The van der Waals surface area contributed by atoms with Crippen LogP contribution >= 0.6 is 11.6 Å². The molecule has 0 bridgehead atoms. The Labute approximate surface area is 151 Å². The second kappa shape index (κ2) is 7.25. The molecule has 0 heterocycles. The van der Waals surface area contributed by atoms with Crippen LogP contribution in [-0.2, 0) is 16.6 Å². The molecule has 3 nitrogen and oxygen atoms in total. The zero-order valence-electron chi connectivity index (χ0n) is 13.1. The molecule has 6 heteroatoms. The number of benzene rings is 3. The fourth-order valence-electron chi connectivity index (χ4n) is 2.41. The van der Waals surface area contributed by atoms with Gasteiger partial charge in [-0.15, -0.1) is 0 Å². The summed E-state index contributed by atoms with van der Waals surface area (Å²) >= 11 is 5.86. The standard InChI is InChI=1S/C19H15ClFNO2S/c20-16-6-12-19(13-7-16)25(23,24)22(14-15-4-2-1-3-5-15)18-10-8-17(21)9-11-18/h1-13H,14H2. The lowest BCUT2D eigenvalue weighted by molar-refractivity contribution is 0.590. The van der Waals surface area contributed by atoms with E-state index in [1.54, 1.807) is 0 Å². The highest BCUT2D eigenvalue weighted by Gasteiger charge is 2.25. The number of sulfonamides is 1. The number of hydrogen-bond acceptors (Lipinski definition) is 2. The lowest BCUT2D eigenvalue weighted by atomic mass is 10.2. The first-order valence-corrected chi connectivity index (χ1v) is 9.36. The summed E-state index contributed by atoms with van der Waals surface area (Å²) in [4.78, 5) is 0.122. The van der Waals surface area contributed by atoms with E-state index in [0.29, 0.717) is 10.7 Å². The Morgan fingerprint density at radius 1 is 0.840 bits per heavy atom. The summed E-state index contributed by atoms with van der Waals surface area (Å²) in [6.07, 6.45) is 0. The topological polar surface area (TPSA) is 37.4 Å². The molecule has 0 aliphatic carbocycles. The predicted molar refractivity (Wildman–Crippen MR) is 97.7 cm³/mol. The summed E-state index contributed by atoms with van der Waals surface area (Å²) in [7, 11) is -3.83. The van der Waals surface area contributed by atoms with Crippen molar-refractivity contribution in [1.29, 1.82) is 0 Å². The lowest BCUT2D eigenvalue weighted by Crippen LogP contribution is -2.30. The third-order valence-corrected chi connectivity index (χ3v) is 5.73. The van der Waals surface area contributed by atoms with E-state index in [9.17, 15) is 12.8 Å². The van der Waals surface area contributed by atoms with E-state index < -0.39 is 15.8 Å². The molecule has 0 atom stereocenters. The van der Waals surface area contributed by atoms with Gasteiger partial charge in [0.25, 0.3) is 10.0 Å². The SMILES string of the molecule is O=S(=O)(c1ccc(Cl)cc1)N(Cc1ccccc1)c1ccc(F)cc1. The minimum Gasteiger partial charge on any atom is -0.262 e. The van der Waals surface area contributed by atoms with Crippen molar-refractivity contribution in [3.8, 4) is 0 Å². The van der Waals surface area contributed by atoms with Gasteiger partial charge in [-0.2, -0.15) is 0 Å². The second-order valence-corrected chi connectivity index (χ2v) is 7.73. The molecule has 0 spiro atoms. The Balaban J connectivity index is 2.06. The third kappa shape index (κ3) is 4.00. The van der Waals surface area contributed by atoms with Gasteiger partial charge in [0.05, 0.1) is 17.1 Å². The van der Waals surface area contributed by atoms with Crippen molar-refractivity contribution in [2.24, 2.45) is 0 Å². The van der Waals surface area contributed by atoms with Crippen molar-refractivity contribution < 1.29 is 12.8 Å². The summed E-state index contributed by atoms with van der Waals surface area (Å²) in [5, 5.41) is 0.454. The van der Waals surface area contributed by atoms with Gasteiger partial charge in [0, 0.05) is 5.02 Å². The molecule has 3 aromatic carbocycles. The minimum atomic E-state index is -3.83. The quantitative estimate of drug-likeness (QED) is 0.637. The average molecular weight is 376 g/mol. The van der Waals surface area contributed by atoms with Gasteiger partial charge in [-0.3, -0.25) is 4.31 Å². The van der Waals surface area contributed by atoms with Gasteiger partial charge < -0.3 is 0 Å². The molecule has 0 fully saturated rings. The van der Waals surface area contributed by atoms with E-state index in [0.717, 1.165) is 5.56 Å². The highest BCUT2D eigenvalue weighted by atomic mass is 35.5. The zero-order valence-corrected chi connectivity index (χ0v) is 14.7. The highest BCUT2D eigenvalue weighted by molar-refractivity contribution is 7.92. The number of hydrogen-bond donors (Lipinski definition) is 0. The maximum Gasteiger partial charge on any atom is 0.264 e. The van der Waals surface area contributed by atoms with Gasteiger partial charge in [0.15, 0.2) is 0 Å². The van der Waals surface area contributed by atoms with E-state index in [4.69, 9.17) is 11.6 Å². The Morgan fingerprint density at radius 2 is 1.44 bits per heavy atom. The molecule has 0 saturated carbocycles. The molecule has 128 valence electrons. The maximum absolute atomic E-state index is 13.3. The third-order valence-electron chi connectivity index (χ3n) is 3.69. The molecule has 0 radical (unpaired) electrons. The van der Waals surface area contributed by atoms with Crippen molar-refractivity contribution in [3.05, 3.63) is 95.3 Å². The van der Waals surface area contributed by atoms with Crippen molar-refractivity contribution in [2.75, 3.05) is 4.31 Å². The Bertz CT molecular complexity index is 943. The van der Waals surface area contributed by atoms with Crippen molar-refractivity contribution in [3.63, 3.8) is 0 Å². The largest absolute Gasteiger partial charge is 0.264 e. The van der Waals surface area contributed by atoms with Crippen LogP contribution in [0.3, 0.4) is 0 Å². The van der Waals surface area contributed by atoms with Crippen LogP contribution < -0.4 is 4.31 Å². The molecule has 0 aliphatic rings. The highest BCUT2D eigenvalue weighted by Crippen LogP contribution is 2.27. The van der Waals surface area contributed by atoms with E-state index in [-0.39, 0.29) is 11.4 Å². The first-order chi connectivity index (χ1) is 12.0. The van der Waals surface area contributed by atoms with Gasteiger partial charge in [0.2, 0.25) is 0 Å². The summed E-state index contributed by atoms with van der Waals surface area (Å²) in [6.45, 7) is 0.136. The summed E-state index contributed by atoms with van der Waals surface area (Å²) in [5.41, 5.74) is 1.21. The van der Waals surface area contributed by atoms with Gasteiger partial charge in [-0.25, -0.2) is 12.8 Å². The van der Waals surface area contributed by atoms with Crippen molar-refractivity contribution in [1.82, 2.24) is 0 Å². The molecule has 25 heavy (non-hydrogen) atoms. The lowest BCUT2D eigenvalue weighted by Gasteiger charge is -2.25. The predicted octanol–water partition coefficient (Wildman–Crippen LogP) is 4.87.